The van der Waals surface area contributed by atoms with E-state index in [4.69, 9.17) is 0 Å². The third kappa shape index (κ3) is 4.37. The minimum absolute atomic E-state index is 0.156. The average molecular weight is 594 g/mol. The highest BCUT2D eigenvalue weighted by molar-refractivity contribution is 9.10. The molecular weight excluding hydrogens is 570 g/mol. The molecule has 0 aliphatic carbocycles. The Morgan fingerprint density at radius 2 is 1.69 bits per heavy atom. The molecule has 2 saturated heterocycles. The summed E-state index contributed by atoms with van der Waals surface area (Å²) >= 11 is 3.36. The van der Waals surface area contributed by atoms with Crippen molar-refractivity contribution in [3.63, 3.8) is 0 Å². The predicted molar refractivity (Wildman–Crippen MR) is 144 cm³/mol. The number of halogens is 1. The van der Waals surface area contributed by atoms with Gasteiger partial charge in [0.1, 0.15) is 11.3 Å². The molecule has 0 spiro atoms. The van der Waals surface area contributed by atoms with Crippen LogP contribution < -0.4 is 10.2 Å². The molecule has 5 rings (SSSR count). The molecule has 3 N–H and O–H groups in total. The van der Waals surface area contributed by atoms with Crippen LogP contribution in [0.4, 0.5) is 11.4 Å². The molecule has 10 nitrogen and oxygen atoms in total. The zero-order valence-corrected chi connectivity index (χ0v) is 22.3. The fraction of sp³-hybridized carbons (Fsp3) is 0.250. The molecule has 0 saturated carbocycles. The molecule has 2 heterocycles. The lowest BCUT2D eigenvalue weighted by Crippen LogP contribution is -2.57. The van der Waals surface area contributed by atoms with E-state index in [1.54, 1.807) is 36.4 Å². The van der Waals surface area contributed by atoms with Gasteiger partial charge in [-0.1, -0.05) is 47.1 Å². The Labute approximate surface area is 231 Å². The Balaban J connectivity index is 1.65. The number of carboxylic acids is 1. The third-order valence-electron chi connectivity index (χ3n) is 7.59. The lowest BCUT2D eigenvalue weighted by atomic mass is 9.76. The number of nitrogens with one attached hydrogen (secondary N) is 1. The van der Waals surface area contributed by atoms with Gasteiger partial charge in [-0.25, -0.2) is 4.90 Å². The van der Waals surface area contributed by atoms with E-state index < -0.39 is 46.1 Å². The van der Waals surface area contributed by atoms with Gasteiger partial charge in [-0.05, 0) is 47.9 Å². The number of aryl methyl sites for hydroxylation is 1. The third-order valence-corrected chi connectivity index (χ3v) is 8.09. The minimum atomic E-state index is -1.94. The van der Waals surface area contributed by atoms with Crippen molar-refractivity contribution in [3.05, 3.63) is 98.0 Å². The fourth-order valence-electron chi connectivity index (χ4n) is 5.67. The zero-order valence-electron chi connectivity index (χ0n) is 20.7. The maximum absolute atomic E-state index is 14.0. The van der Waals surface area contributed by atoms with Crippen LogP contribution in [0.1, 0.15) is 29.7 Å². The highest BCUT2D eigenvalue weighted by Gasteiger charge is 2.68. The van der Waals surface area contributed by atoms with Gasteiger partial charge in [0.15, 0.2) is 0 Å². The van der Waals surface area contributed by atoms with Gasteiger partial charge in [0.25, 0.3) is 5.69 Å². The second kappa shape index (κ2) is 9.90. The summed E-state index contributed by atoms with van der Waals surface area (Å²) in [6.07, 6.45) is 0.535. The van der Waals surface area contributed by atoms with E-state index in [1.807, 2.05) is 6.92 Å². The number of nitrogens with zero attached hydrogens (tertiary/aromatic N) is 2. The number of anilines is 1. The second-order valence-corrected chi connectivity index (χ2v) is 10.7. The van der Waals surface area contributed by atoms with E-state index in [2.05, 4.69) is 21.2 Å². The molecule has 0 radical (unpaired) electrons. The van der Waals surface area contributed by atoms with Crippen molar-refractivity contribution in [3.8, 4) is 5.75 Å². The van der Waals surface area contributed by atoms with Crippen molar-refractivity contribution in [1.82, 2.24) is 5.32 Å². The molecule has 2 aliphatic rings. The molecule has 11 heteroatoms. The van der Waals surface area contributed by atoms with Gasteiger partial charge < -0.3 is 10.2 Å². The standard InChI is InChI=1S/C28H24BrN3O7/c1-2-15-3-8-18(9-4-15)31-25(34)22-23(26(31)35)28(27(36)37,14-16-5-10-19(11-6-16)32(38)39)30-24(22)20-13-17(29)7-12-21(20)33/h3-13,22-24,30,33H,2,14H2,1H3,(H,36,37). The largest absolute Gasteiger partial charge is 0.508 e. The number of fused-ring (bicyclic) bond motifs is 1. The molecule has 0 bridgehead atoms. The number of aliphatic carboxylic acids is 1. The van der Waals surface area contributed by atoms with Crippen LogP contribution in [0.2, 0.25) is 0 Å². The number of non-ortho nitro benzene ring substituents is 1. The normalized spacial score (nSPS) is 24.2. The van der Waals surface area contributed by atoms with Crippen molar-refractivity contribution >= 4 is 45.1 Å². The lowest BCUT2D eigenvalue weighted by molar-refractivity contribution is -0.384. The number of nitro groups is 1. The van der Waals surface area contributed by atoms with Gasteiger partial charge in [-0.3, -0.25) is 29.8 Å². The number of amides is 2. The molecule has 3 aromatic rings. The minimum Gasteiger partial charge on any atom is -0.508 e. The van der Waals surface area contributed by atoms with Crippen LogP contribution in [0.3, 0.4) is 0 Å². The number of phenols is 1. The molecule has 2 aliphatic heterocycles. The van der Waals surface area contributed by atoms with E-state index in [9.17, 15) is 34.7 Å². The SMILES string of the molecule is CCc1ccc(N2C(=O)C3C(c4cc(Br)ccc4O)NC(Cc4ccc([N+](=O)[O-])cc4)(C(=O)O)C3C2=O)cc1. The number of phenolic OH excluding ortho intramolecular Hbond substituents is 1. The summed E-state index contributed by atoms with van der Waals surface area (Å²) in [6.45, 7) is 1.98. The van der Waals surface area contributed by atoms with Crippen molar-refractivity contribution < 1.29 is 29.5 Å². The summed E-state index contributed by atoms with van der Waals surface area (Å²) in [5, 5.41) is 35.5. The number of carboxylic acid groups (broad SMARTS) is 1. The number of carbonyl (C=O) groups is 3. The predicted octanol–water partition coefficient (Wildman–Crippen LogP) is 4.14. The van der Waals surface area contributed by atoms with E-state index in [-0.39, 0.29) is 23.4 Å². The summed E-state index contributed by atoms with van der Waals surface area (Å²) in [7, 11) is 0. The van der Waals surface area contributed by atoms with Crippen LogP contribution in [0.5, 0.6) is 5.75 Å². The summed E-state index contributed by atoms with van der Waals surface area (Å²) in [5.41, 5.74) is -0.0513. The maximum atomic E-state index is 14.0. The van der Waals surface area contributed by atoms with Crippen LogP contribution in [0.25, 0.3) is 0 Å². The number of aromatic hydroxyl groups is 1. The molecule has 4 unspecified atom stereocenters. The highest BCUT2D eigenvalue weighted by Crippen LogP contribution is 2.52. The Bertz CT molecular complexity index is 1490. The monoisotopic (exact) mass is 593 g/mol. The van der Waals surface area contributed by atoms with Gasteiger partial charge >= 0.3 is 5.97 Å². The number of hydrogen-bond donors (Lipinski definition) is 3. The van der Waals surface area contributed by atoms with Crippen LogP contribution in [0, 0.1) is 22.0 Å². The molecule has 4 atom stereocenters. The van der Waals surface area contributed by atoms with Crippen LogP contribution in [-0.4, -0.2) is 38.5 Å². The van der Waals surface area contributed by atoms with Crippen molar-refractivity contribution in [2.24, 2.45) is 11.8 Å². The Morgan fingerprint density at radius 3 is 2.28 bits per heavy atom. The first kappa shape index (κ1) is 26.5. The molecule has 200 valence electrons. The lowest BCUT2D eigenvalue weighted by Gasteiger charge is -2.31. The van der Waals surface area contributed by atoms with Gasteiger partial charge in [0.05, 0.1) is 22.4 Å². The number of nitro benzene ring substituents is 1. The molecule has 3 aromatic carbocycles. The smallest absolute Gasteiger partial charge is 0.325 e. The topological polar surface area (TPSA) is 150 Å². The molecule has 39 heavy (non-hydrogen) atoms. The van der Waals surface area contributed by atoms with E-state index in [1.165, 1.54) is 30.3 Å². The maximum Gasteiger partial charge on any atom is 0.325 e. The van der Waals surface area contributed by atoms with E-state index in [0.29, 0.717) is 15.7 Å². The van der Waals surface area contributed by atoms with Crippen molar-refractivity contribution in [2.45, 2.75) is 31.3 Å². The Hall–Kier alpha value is -4.09. The summed E-state index contributed by atoms with van der Waals surface area (Å²) in [4.78, 5) is 52.5. The number of benzene rings is 3. The van der Waals surface area contributed by atoms with Gasteiger partial charge in [-0.15, -0.1) is 0 Å². The first-order valence-corrected chi connectivity index (χ1v) is 13.1. The Morgan fingerprint density at radius 1 is 1.05 bits per heavy atom. The fourth-order valence-corrected chi connectivity index (χ4v) is 6.05. The number of rotatable bonds is 7. The summed E-state index contributed by atoms with van der Waals surface area (Å²) in [6, 6.07) is 15.9. The van der Waals surface area contributed by atoms with Gasteiger partial charge in [0, 0.05) is 34.6 Å². The van der Waals surface area contributed by atoms with Crippen molar-refractivity contribution in [2.75, 3.05) is 4.90 Å². The number of hydrogen-bond acceptors (Lipinski definition) is 7. The number of carbonyl (C=O) groups excluding carboxylic acids is 2. The average Bonchev–Trinajstić information content (AvgIpc) is 3.39. The molecular formula is C28H24BrN3O7. The van der Waals surface area contributed by atoms with E-state index in [0.717, 1.165) is 16.9 Å². The summed E-state index contributed by atoms with van der Waals surface area (Å²) in [5.74, 6) is -5.18. The van der Waals surface area contributed by atoms with Gasteiger partial charge in [-0.2, -0.15) is 0 Å². The molecule has 2 fully saturated rings. The first-order chi connectivity index (χ1) is 18.6. The number of imide groups is 1. The first-order valence-electron chi connectivity index (χ1n) is 12.3. The van der Waals surface area contributed by atoms with Crippen LogP contribution in [-0.2, 0) is 27.2 Å². The quantitative estimate of drug-likeness (QED) is 0.210. The summed E-state index contributed by atoms with van der Waals surface area (Å²) < 4.78 is 0.598. The highest BCUT2D eigenvalue weighted by atomic mass is 79.9. The van der Waals surface area contributed by atoms with Crippen LogP contribution in [0.15, 0.2) is 71.2 Å². The second-order valence-electron chi connectivity index (χ2n) is 9.74. The van der Waals surface area contributed by atoms with Crippen LogP contribution >= 0.6 is 15.9 Å². The van der Waals surface area contributed by atoms with Crippen molar-refractivity contribution in [1.29, 1.82) is 0 Å². The Kier molecular flexibility index (Phi) is 6.73. The molecule has 2 amide bonds. The van der Waals surface area contributed by atoms with E-state index >= 15 is 0 Å². The van der Waals surface area contributed by atoms with Gasteiger partial charge in [0.2, 0.25) is 11.8 Å². The molecule has 0 aromatic heterocycles. The zero-order chi connectivity index (χ0) is 28.1.